The number of aromatic carboxylic acids is 1. The molecule has 0 aliphatic heterocycles. The third kappa shape index (κ3) is 1.56. The Morgan fingerprint density at radius 1 is 1.38 bits per heavy atom. The predicted octanol–water partition coefficient (Wildman–Crippen LogP) is 2.49. The molecule has 0 aliphatic rings. The molecule has 0 radical (unpaired) electrons. The highest BCUT2D eigenvalue weighted by Gasteiger charge is 2.18. The van der Waals surface area contributed by atoms with Crippen LogP contribution in [0.1, 0.15) is 31.1 Å². The van der Waals surface area contributed by atoms with Crippen molar-refractivity contribution in [2.75, 3.05) is 0 Å². The molecule has 0 bridgehead atoms. The van der Waals surface area contributed by atoms with Gasteiger partial charge in [0.2, 0.25) is 0 Å². The van der Waals surface area contributed by atoms with E-state index in [0.717, 1.165) is 5.52 Å². The van der Waals surface area contributed by atoms with E-state index < -0.39 is 5.97 Å². The van der Waals surface area contributed by atoms with E-state index in [1.165, 1.54) is 0 Å². The highest BCUT2D eigenvalue weighted by Crippen LogP contribution is 2.23. The van der Waals surface area contributed by atoms with Crippen molar-refractivity contribution in [3.8, 4) is 0 Å². The molecule has 16 heavy (non-hydrogen) atoms. The molecule has 0 saturated heterocycles. The third-order valence-corrected chi connectivity index (χ3v) is 2.53. The lowest BCUT2D eigenvalue weighted by Gasteiger charge is -2.21. The Hall–Kier alpha value is -1.84. The number of carboxylic acid groups (broad SMARTS) is 1. The highest BCUT2D eigenvalue weighted by molar-refractivity contribution is 6.00. The van der Waals surface area contributed by atoms with E-state index in [2.05, 4.69) is 25.8 Å². The van der Waals surface area contributed by atoms with Crippen molar-refractivity contribution in [2.24, 2.45) is 0 Å². The molecule has 1 aromatic carbocycles. The Kier molecular flexibility index (Phi) is 2.22. The second-order valence-electron chi connectivity index (χ2n) is 4.76. The lowest BCUT2D eigenvalue weighted by molar-refractivity contribution is 0.0699. The molecule has 1 N–H and O–H groups in total. The van der Waals surface area contributed by atoms with Crippen LogP contribution in [0.4, 0.5) is 0 Å². The Balaban J connectivity index is 2.76. The van der Waals surface area contributed by atoms with Crippen molar-refractivity contribution in [1.82, 2.24) is 9.55 Å². The molecule has 84 valence electrons. The molecular formula is C12H14N2O2. The minimum absolute atomic E-state index is 0.105. The molecule has 0 aliphatic carbocycles. The van der Waals surface area contributed by atoms with Crippen LogP contribution in [-0.4, -0.2) is 20.6 Å². The van der Waals surface area contributed by atoms with Crippen LogP contribution in [0.3, 0.4) is 0 Å². The average Bonchev–Trinajstić information content (AvgIpc) is 2.59. The number of hydrogen-bond acceptors (Lipinski definition) is 2. The molecule has 0 fully saturated rings. The first-order valence-corrected chi connectivity index (χ1v) is 5.11. The van der Waals surface area contributed by atoms with Gasteiger partial charge in [-0.05, 0) is 32.9 Å². The van der Waals surface area contributed by atoms with Gasteiger partial charge in [0.05, 0.1) is 17.4 Å². The zero-order valence-corrected chi connectivity index (χ0v) is 9.56. The maximum atomic E-state index is 11.0. The summed E-state index contributed by atoms with van der Waals surface area (Å²) >= 11 is 0. The summed E-state index contributed by atoms with van der Waals surface area (Å²) in [4.78, 5) is 15.2. The topological polar surface area (TPSA) is 55.1 Å². The van der Waals surface area contributed by atoms with Crippen LogP contribution in [0.25, 0.3) is 11.0 Å². The molecule has 0 saturated carbocycles. The Bertz CT molecular complexity index is 550. The lowest BCUT2D eigenvalue weighted by Crippen LogP contribution is -2.20. The highest BCUT2D eigenvalue weighted by atomic mass is 16.4. The van der Waals surface area contributed by atoms with Gasteiger partial charge >= 0.3 is 5.97 Å². The fourth-order valence-electron chi connectivity index (χ4n) is 1.75. The van der Waals surface area contributed by atoms with Crippen molar-refractivity contribution < 1.29 is 9.90 Å². The number of fused-ring (bicyclic) bond motifs is 1. The number of benzene rings is 1. The van der Waals surface area contributed by atoms with Crippen LogP contribution >= 0.6 is 0 Å². The first kappa shape index (κ1) is 10.7. The Morgan fingerprint density at radius 2 is 2.06 bits per heavy atom. The first-order chi connectivity index (χ1) is 7.41. The van der Waals surface area contributed by atoms with Crippen molar-refractivity contribution in [1.29, 1.82) is 0 Å². The van der Waals surface area contributed by atoms with E-state index in [4.69, 9.17) is 5.11 Å². The largest absolute Gasteiger partial charge is 0.478 e. The zero-order chi connectivity index (χ0) is 11.9. The van der Waals surface area contributed by atoms with Gasteiger partial charge < -0.3 is 9.67 Å². The summed E-state index contributed by atoms with van der Waals surface area (Å²) in [6.45, 7) is 6.17. The molecule has 4 heteroatoms. The van der Waals surface area contributed by atoms with E-state index in [0.29, 0.717) is 5.52 Å². The number of carboxylic acids is 1. The van der Waals surface area contributed by atoms with E-state index in [1.54, 1.807) is 18.5 Å². The van der Waals surface area contributed by atoms with E-state index in [1.807, 2.05) is 10.6 Å². The molecule has 0 unspecified atom stereocenters. The number of rotatable bonds is 1. The molecule has 0 amide bonds. The fourth-order valence-corrected chi connectivity index (χ4v) is 1.75. The minimum Gasteiger partial charge on any atom is -0.478 e. The van der Waals surface area contributed by atoms with Gasteiger partial charge in [0.25, 0.3) is 0 Å². The predicted molar refractivity (Wildman–Crippen MR) is 61.7 cm³/mol. The van der Waals surface area contributed by atoms with Crippen molar-refractivity contribution in [2.45, 2.75) is 26.3 Å². The number of hydrogen-bond donors (Lipinski definition) is 1. The number of carbonyl (C=O) groups is 1. The molecule has 4 nitrogen and oxygen atoms in total. The summed E-state index contributed by atoms with van der Waals surface area (Å²) in [7, 11) is 0. The summed E-state index contributed by atoms with van der Waals surface area (Å²) in [5, 5.41) is 9.05. The standard InChI is InChI=1S/C12H14N2O2/c1-12(2,3)14-7-13-10-8(11(15)16)5-4-6-9(10)14/h4-7H,1-3H3,(H,15,16). The van der Waals surface area contributed by atoms with Gasteiger partial charge in [0.15, 0.2) is 0 Å². The van der Waals surface area contributed by atoms with Gasteiger partial charge in [-0.2, -0.15) is 0 Å². The van der Waals surface area contributed by atoms with Crippen LogP contribution in [0.15, 0.2) is 24.5 Å². The van der Waals surface area contributed by atoms with Crippen LogP contribution in [-0.2, 0) is 5.54 Å². The van der Waals surface area contributed by atoms with Gasteiger partial charge in [-0.25, -0.2) is 9.78 Å². The van der Waals surface area contributed by atoms with Gasteiger partial charge in [-0.15, -0.1) is 0 Å². The van der Waals surface area contributed by atoms with Crippen LogP contribution in [0, 0.1) is 0 Å². The van der Waals surface area contributed by atoms with Gasteiger partial charge in [0.1, 0.15) is 5.52 Å². The van der Waals surface area contributed by atoms with E-state index >= 15 is 0 Å². The first-order valence-electron chi connectivity index (χ1n) is 5.11. The Labute approximate surface area is 93.5 Å². The van der Waals surface area contributed by atoms with Crippen LogP contribution in [0.5, 0.6) is 0 Å². The molecule has 2 aromatic rings. The number of aromatic nitrogens is 2. The summed E-state index contributed by atoms with van der Waals surface area (Å²) in [6, 6.07) is 5.21. The number of nitrogens with zero attached hydrogens (tertiary/aromatic N) is 2. The summed E-state index contributed by atoms with van der Waals surface area (Å²) in [5.41, 5.74) is 1.55. The molecule has 1 heterocycles. The van der Waals surface area contributed by atoms with Gasteiger partial charge in [-0.1, -0.05) is 6.07 Å². The van der Waals surface area contributed by atoms with Crippen molar-refractivity contribution in [3.05, 3.63) is 30.1 Å². The average molecular weight is 218 g/mol. The van der Waals surface area contributed by atoms with Gasteiger partial charge in [0, 0.05) is 5.54 Å². The molecule has 2 rings (SSSR count). The maximum absolute atomic E-state index is 11.0. The second kappa shape index (κ2) is 3.33. The molecule has 1 aromatic heterocycles. The molecule has 0 spiro atoms. The SMILES string of the molecule is CC(C)(C)n1cnc2c(C(=O)O)cccc21. The second-order valence-corrected chi connectivity index (χ2v) is 4.76. The van der Waals surface area contributed by atoms with Crippen LogP contribution in [0.2, 0.25) is 0 Å². The fraction of sp³-hybridized carbons (Fsp3) is 0.333. The molecule has 0 atom stereocenters. The lowest BCUT2D eigenvalue weighted by atomic mass is 10.1. The molecular weight excluding hydrogens is 204 g/mol. The van der Waals surface area contributed by atoms with E-state index in [9.17, 15) is 4.79 Å². The Morgan fingerprint density at radius 3 is 2.62 bits per heavy atom. The van der Waals surface area contributed by atoms with Crippen molar-refractivity contribution in [3.63, 3.8) is 0 Å². The van der Waals surface area contributed by atoms with Gasteiger partial charge in [-0.3, -0.25) is 0 Å². The monoisotopic (exact) mass is 218 g/mol. The smallest absolute Gasteiger partial charge is 0.337 e. The van der Waals surface area contributed by atoms with Crippen molar-refractivity contribution >= 4 is 17.0 Å². The zero-order valence-electron chi connectivity index (χ0n) is 9.56. The minimum atomic E-state index is -0.940. The summed E-state index contributed by atoms with van der Waals surface area (Å²) in [5.74, 6) is -0.940. The maximum Gasteiger partial charge on any atom is 0.337 e. The third-order valence-electron chi connectivity index (χ3n) is 2.53. The van der Waals surface area contributed by atoms with E-state index in [-0.39, 0.29) is 11.1 Å². The number of para-hydroxylation sites is 1. The number of imidazole rings is 1. The summed E-state index contributed by atoms with van der Waals surface area (Å²) < 4.78 is 1.98. The normalized spacial score (nSPS) is 11.9. The summed E-state index contributed by atoms with van der Waals surface area (Å²) in [6.07, 6.45) is 1.69. The van der Waals surface area contributed by atoms with Crippen LogP contribution < -0.4 is 0 Å². The quantitative estimate of drug-likeness (QED) is 0.800.